The van der Waals surface area contributed by atoms with Gasteiger partial charge in [-0.2, -0.15) is 0 Å². The van der Waals surface area contributed by atoms with Gasteiger partial charge in [0.25, 0.3) is 0 Å². The van der Waals surface area contributed by atoms with E-state index in [1.807, 2.05) is 31.2 Å². The Morgan fingerprint density at radius 3 is 2.47 bits per heavy atom. The fraction of sp³-hybridized carbons (Fsp3) is 0.286. The number of aromatic nitrogens is 2. The molecule has 2 atom stereocenters. The summed E-state index contributed by atoms with van der Waals surface area (Å²) in [6, 6.07) is 7.98. The summed E-state index contributed by atoms with van der Waals surface area (Å²) in [4.78, 5) is 8.35. The Bertz CT molecular complexity index is 502. The molecule has 0 aliphatic heterocycles. The molecular weight excluding hydrogens is 258 g/mol. The summed E-state index contributed by atoms with van der Waals surface area (Å²) in [5.74, 6) is 0.844. The molecule has 2 rings (SSSR count). The van der Waals surface area contributed by atoms with Crippen LogP contribution in [0.4, 0.5) is 0 Å². The van der Waals surface area contributed by atoms with Crippen LogP contribution < -0.4 is 10.5 Å². The number of hydrogen-bond acceptors (Lipinski definition) is 5. The summed E-state index contributed by atoms with van der Waals surface area (Å²) >= 11 is 1.62. The number of ether oxygens (including phenoxy) is 1. The third-order valence-corrected chi connectivity index (χ3v) is 4.12. The Morgan fingerprint density at radius 2 is 1.95 bits per heavy atom. The molecule has 4 nitrogen and oxygen atoms in total. The van der Waals surface area contributed by atoms with Gasteiger partial charge in [-0.25, -0.2) is 4.98 Å². The van der Waals surface area contributed by atoms with Crippen LogP contribution in [0, 0.1) is 0 Å². The molecule has 0 amide bonds. The van der Waals surface area contributed by atoms with E-state index >= 15 is 0 Å². The van der Waals surface area contributed by atoms with Crippen molar-refractivity contribution in [2.75, 3.05) is 7.11 Å². The van der Waals surface area contributed by atoms with Gasteiger partial charge >= 0.3 is 0 Å². The molecule has 0 spiro atoms. The smallest absolute Gasteiger partial charge is 0.118 e. The second kappa shape index (κ2) is 6.54. The van der Waals surface area contributed by atoms with Gasteiger partial charge in [0, 0.05) is 18.4 Å². The largest absolute Gasteiger partial charge is 0.497 e. The zero-order chi connectivity index (χ0) is 13.7. The average Bonchev–Trinajstić information content (AvgIpc) is 2.46. The van der Waals surface area contributed by atoms with Crippen molar-refractivity contribution in [2.24, 2.45) is 5.73 Å². The highest BCUT2D eigenvalue weighted by Crippen LogP contribution is 2.36. The van der Waals surface area contributed by atoms with Gasteiger partial charge in [0.15, 0.2) is 0 Å². The van der Waals surface area contributed by atoms with Gasteiger partial charge in [0.1, 0.15) is 10.8 Å². The lowest BCUT2D eigenvalue weighted by atomic mass is 10.1. The van der Waals surface area contributed by atoms with Crippen molar-refractivity contribution in [1.82, 2.24) is 9.97 Å². The van der Waals surface area contributed by atoms with Crippen LogP contribution in [0.2, 0.25) is 0 Å². The fourth-order valence-corrected chi connectivity index (χ4v) is 2.76. The van der Waals surface area contributed by atoms with Gasteiger partial charge < -0.3 is 10.5 Å². The Hall–Kier alpha value is -1.59. The Balaban J connectivity index is 2.19. The highest BCUT2D eigenvalue weighted by atomic mass is 32.2. The molecule has 0 aliphatic carbocycles. The molecule has 1 aromatic heterocycles. The van der Waals surface area contributed by atoms with Crippen LogP contribution in [-0.4, -0.2) is 23.1 Å². The van der Waals surface area contributed by atoms with Crippen molar-refractivity contribution in [3.63, 3.8) is 0 Å². The molecule has 0 radical (unpaired) electrons. The number of nitrogens with two attached hydrogens (primary N) is 1. The lowest BCUT2D eigenvalue weighted by Gasteiger charge is -2.20. The normalized spacial score (nSPS) is 13.8. The van der Waals surface area contributed by atoms with Crippen LogP contribution in [0.3, 0.4) is 0 Å². The van der Waals surface area contributed by atoms with Crippen molar-refractivity contribution in [3.8, 4) is 5.75 Å². The molecule has 0 saturated heterocycles. The predicted molar refractivity (Wildman–Crippen MR) is 77.3 cm³/mol. The third kappa shape index (κ3) is 3.68. The van der Waals surface area contributed by atoms with Crippen LogP contribution in [0.15, 0.2) is 47.9 Å². The summed E-state index contributed by atoms with van der Waals surface area (Å²) in [6.07, 6.45) is 5.11. The van der Waals surface area contributed by atoms with Crippen molar-refractivity contribution >= 4 is 11.8 Å². The second-order valence-electron chi connectivity index (χ2n) is 4.21. The minimum atomic E-state index is 0.0143. The topological polar surface area (TPSA) is 61.0 Å². The van der Waals surface area contributed by atoms with Gasteiger partial charge in [-0.3, -0.25) is 4.98 Å². The first kappa shape index (κ1) is 13.8. The molecule has 2 N–H and O–H groups in total. The number of hydrogen-bond donors (Lipinski definition) is 1. The van der Waals surface area contributed by atoms with Gasteiger partial charge in [-0.1, -0.05) is 23.9 Å². The predicted octanol–water partition coefficient (Wildman–Crippen LogP) is 2.67. The molecule has 1 aromatic carbocycles. The standard InChI is InChI=1S/C14H17N3OS/c1-10(15)14(19-13-9-16-7-8-17-13)11-3-5-12(18-2)6-4-11/h3-10,14H,15H2,1-2H3. The molecule has 2 aromatic rings. The van der Waals surface area contributed by atoms with E-state index < -0.39 is 0 Å². The molecular formula is C14H17N3OS. The van der Waals surface area contributed by atoms with Crippen LogP contribution in [0.25, 0.3) is 0 Å². The van der Waals surface area contributed by atoms with E-state index in [9.17, 15) is 0 Å². The second-order valence-corrected chi connectivity index (χ2v) is 5.38. The van der Waals surface area contributed by atoms with Crippen LogP contribution in [0.1, 0.15) is 17.7 Å². The summed E-state index contributed by atoms with van der Waals surface area (Å²) in [5.41, 5.74) is 7.25. The number of benzene rings is 1. The number of methoxy groups -OCH3 is 1. The molecule has 2 unspecified atom stereocenters. The van der Waals surface area contributed by atoms with Crippen LogP contribution >= 0.6 is 11.8 Å². The Kier molecular flexibility index (Phi) is 4.76. The number of nitrogens with zero attached hydrogens (tertiary/aromatic N) is 2. The van der Waals surface area contributed by atoms with E-state index in [4.69, 9.17) is 10.5 Å². The molecule has 0 saturated carbocycles. The highest BCUT2D eigenvalue weighted by molar-refractivity contribution is 7.99. The maximum Gasteiger partial charge on any atom is 0.118 e. The zero-order valence-electron chi connectivity index (χ0n) is 11.0. The quantitative estimate of drug-likeness (QED) is 0.850. The maximum atomic E-state index is 6.09. The van der Waals surface area contributed by atoms with Crippen LogP contribution in [-0.2, 0) is 0 Å². The third-order valence-electron chi connectivity index (χ3n) is 2.71. The first-order chi connectivity index (χ1) is 9.20. The molecule has 1 heterocycles. The van der Waals surface area contributed by atoms with Crippen molar-refractivity contribution < 1.29 is 4.74 Å². The summed E-state index contributed by atoms with van der Waals surface area (Å²) in [5, 5.41) is 1.02. The van der Waals surface area contributed by atoms with Crippen molar-refractivity contribution in [3.05, 3.63) is 48.4 Å². The lowest BCUT2D eigenvalue weighted by molar-refractivity contribution is 0.414. The lowest BCUT2D eigenvalue weighted by Crippen LogP contribution is -2.22. The van der Waals surface area contributed by atoms with Crippen molar-refractivity contribution in [2.45, 2.75) is 23.2 Å². The molecule has 19 heavy (non-hydrogen) atoms. The van der Waals surface area contributed by atoms with E-state index in [-0.39, 0.29) is 11.3 Å². The SMILES string of the molecule is COc1ccc(C(Sc2cnccn2)C(C)N)cc1. The number of rotatable bonds is 5. The monoisotopic (exact) mass is 275 g/mol. The van der Waals surface area contributed by atoms with E-state index in [0.717, 1.165) is 16.3 Å². The Morgan fingerprint density at radius 1 is 1.21 bits per heavy atom. The Labute approximate surface area is 117 Å². The first-order valence-electron chi connectivity index (χ1n) is 6.03. The number of thioether (sulfide) groups is 1. The summed E-state index contributed by atoms with van der Waals surface area (Å²) in [6.45, 7) is 2.00. The van der Waals surface area contributed by atoms with Crippen LogP contribution in [0.5, 0.6) is 5.75 Å². The van der Waals surface area contributed by atoms with E-state index in [2.05, 4.69) is 9.97 Å². The van der Waals surface area contributed by atoms with E-state index in [1.54, 1.807) is 37.5 Å². The summed E-state index contributed by atoms with van der Waals surface area (Å²) < 4.78 is 5.17. The maximum absolute atomic E-state index is 6.09. The zero-order valence-corrected chi connectivity index (χ0v) is 11.8. The van der Waals surface area contributed by atoms with E-state index in [0.29, 0.717) is 0 Å². The fourth-order valence-electron chi connectivity index (χ4n) is 1.75. The minimum absolute atomic E-state index is 0.0143. The highest BCUT2D eigenvalue weighted by Gasteiger charge is 2.18. The molecule has 100 valence electrons. The van der Waals surface area contributed by atoms with Gasteiger partial charge in [0.2, 0.25) is 0 Å². The van der Waals surface area contributed by atoms with E-state index in [1.165, 1.54) is 0 Å². The molecule has 5 heteroatoms. The molecule has 0 aliphatic rings. The van der Waals surface area contributed by atoms with Gasteiger partial charge in [-0.15, -0.1) is 0 Å². The van der Waals surface area contributed by atoms with Crippen molar-refractivity contribution in [1.29, 1.82) is 0 Å². The first-order valence-corrected chi connectivity index (χ1v) is 6.91. The molecule has 0 fully saturated rings. The minimum Gasteiger partial charge on any atom is -0.497 e. The molecule has 0 bridgehead atoms. The van der Waals surface area contributed by atoms with Gasteiger partial charge in [0.05, 0.1) is 18.6 Å². The average molecular weight is 275 g/mol. The summed E-state index contributed by atoms with van der Waals surface area (Å²) in [7, 11) is 1.66. The van der Waals surface area contributed by atoms with Gasteiger partial charge in [-0.05, 0) is 24.6 Å².